The van der Waals surface area contributed by atoms with E-state index in [-0.39, 0.29) is 6.03 Å². The second kappa shape index (κ2) is 6.67. The van der Waals surface area contributed by atoms with Crippen LogP contribution in [-0.4, -0.2) is 54.1 Å². The second-order valence-electron chi connectivity index (χ2n) is 6.11. The fraction of sp³-hybridized carbons (Fsp3) is 0.278. The molecule has 0 aliphatic carbocycles. The van der Waals surface area contributed by atoms with E-state index in [4.69, 9.17) is 9.72 Å². The number of ether oxygens (including phenoxy) is 1. The molecule has 9 heteroatoms. The standard InChI is InChI=1S/C18H19N7O2/c1-4-12-15-16(19-2)23-18(26)25(15)13-7-6-11-14(22-13)17(21-10-20-11)24(3)8-5-9-27-12/h4,6-7,10H,1,5,8-9H2,2-3H3,(H,19,23,26)/b15-12-. The number of fused-ring (bicyclic) bond motifs is 3. The van der Waals surface area contributed by atoms with Crippen LogP contribution in [0.1, 0.15) is 6.42 Å². The maximum absolute atomic E-state index is 12.7. The molecule has 2 amide bonds. The molecule has 2 aliphatic rings. The van der Waals surface area contributed by atoms with Crippen molar-refractivity contribution in [1.29, 1.82) is 0 Å². The largest absolute Gasteiger partial charge is 0.491 e. The van der Waals surface area contributed by atoms with Crippen molar-refractivity contribution in [3.63, 3.8) is 0 Å². The summed E-state index contributed by atoms with van der Waals surface area (Å²) in [6.07, 6.45) is 3.86. The van der Waals surface area contributed by atoms with E-state index < -0.39 is 0 Å². The molecule has 0 radical (unpaired) electrons. The number of pyridine rings is 1. The number of urea groups is 1. The van der Waals surface area contributed by atoms with Crippen molar-refractivity contribution >= 4 is 34.5 Å². The van der Waals surface area contributed by atoms with Crippen molar-refractivity contribution in [3.8, 4) is 0 Å². The lowest BCUT2D eigenvalue weighted by Gasteiger charge is -2.23. The average Bonchev–Trinajstić information content (AvgIpc) is 3.02. The van der Waals surface area contributed by atoms with Crippen molar-refractivity contribution < 1.29 is 9.53 Å². The zero-order chi connectivity index (χ0) is 19.0. The highest BCUT2D eigenvalue weighted by atomic mass is 16.5. The van der Waals surface area contributed by atoms with Crippen LogP contribution < -0.4 is 15.1 Å². The van der Waals surface area contributed by atoms with Gasteiger partial charge in [0.1, 0.15) is 29.1 Å². The van der Waals surface area contributed by atoms with Gasteiger partial charge in [-0.1, -0.05) is 6.58 Å². The molecule has 1 N–H and O–H groups in total. The quantitative estimate of drug-likeness (QED) is 0.828. The van der Waals surface area contributed by atoms with Gasteiger partial charge in [0.2, 0.25) is 0 Å². The van der Waals surface area contributed by atoms with Crippen LogP contribution >= 0.6 is 0 Å². The van der Waals surface area contributed by atoms with Crippen LogP contribution in [0.2, 0.25) is 0 Å². The van der Waals surface area contributed by atoms with E-state index >= 15 is 0 Å². The first-order valence-electron chi connectivity index (χ1n) is 8.54. The minimum atomic E-state index is -0.357. The zero-order valence-electron chi connectivity index (χ0n) is 15.1. The number of allylic oxidation sites excluding steroid dienone is 1. The normalized spacial score (nSPS) is 21.6. The number of nitrogens with one attached hydrogen (secondary N) is 1. The number of aromatic nitrogens is 3. The Morgan fingerprint density at radius 2 is 2.22 bits per heavy atom. The van der Waals surface area contributed by atoms with Crippen molar-refractivity contribution in [2.24, 2.45) is 4.99 Å². The van der Waals surface area contributed by atoms with Gasteiger partial charge in [0.05, 0.1) is 12.1 Å². The van der Waals surface area contributed by atoms with Gasteiger partial charge in [0.25, 0.3) is 0 Å². The SMILES string of the molecule is C=C/C1=C2\C(=NC)NC(=O)N2c2ccc3ncnc(c3n2)N(C)CCCO1. The summed E-state index contributed by atoms with van der Waals surface area (Å²) in [5.74, 6) is 2.03. The molecule has 0 saturated carbocycles. The minimum Gasteiger partial charge on any atom is -0.491 e. The number of hydrogen-bond donors (Lipinski definition) is 1. The second-order valence-corrected chi connectivity index (χ2v) is 6.11. The smallest absolute Gasteiger partial charge is 0.333 e. The molecule has 0 unspecified atom stereocenters. The monoisotopic (exact) mass is 365 g/mol. The first-order chi connectivity index (χ1) is 13.1. The highest BCUT2D eigenvalue weighted by Crippen LogP contribution is 2.30. The van der Waals surface area contributed by atoms with Crippen LogP contribution in [0.15, 0.2) is 47.6 Å². The molecule has 0 atom stereocenters. The first-order valence-corrected chi connectivity index (χ1v) is 8.54. The van der Waals surface area contributed by atoms with Gasteiger partial charge >= 0.3 is 6.03 Å². The van der Waals surface area contributed by atoms with Crippen molar-refractivity contribution in [3.05, 3.63) is 42.6 Å². The molecule has 2 bridgehead atoms. The lowest BCUT2D eigenvalue weighted by molar-refractivity contribution is 0.219. The van der Waals surface area contributed by atoms with E-state index in [0.717, 1.165) is 13.0 Å². The number of aliphatic imine (C=N–C) groups is 1. The van der Waals surface area contributed by atoms with E-state index in [0.29, 0.717) is 46.6 Å². The Balaban J connectivity index is 1.99. The zero-order valence-corrected chi connectivity index (χ0v) is 15.1. The first kappa shape index (κ1) is 17.0. The van der Waals surface area contributed by atoms with E-state index in [2.05, 4.69) is 26.9 Å². The molecule has 0 spiro atoms. The van der Waals surface area contributed by atoms with Gasteiger partial charge in [0, 0.05) is 20.6 Å². The Kier molecular flexibility index (Phi) is 4.19. The number of amidine groups is 1. The van der Waals surface area contributed by atoms with E-state index in [1.165, 1.54) is 11.2 Å². The Hall–Kier alpha value is -3.49. The number of rotatable bonds is 1. The third-order valence-corrected chi connectivity index (χ3v) is 4.45. The molecule has 1 fully saturated rings. The van der Waals surface area contributed by atoms with Crippen molar-refractivity contribution in [1.82, 2.24) is 20.3 Å². The van der Waals surface area contributed by atoms with Gasteiger partial charge in [0.15, 0.2) is 11.7 Å². The van der Waals surface area contributed by atoms with E-state index in [1.807, 2.05) is 18.0 Å². The summed E-state index contributed by atoms with van der Waals surface area (Å²) in [6.45, 7) is 5.02. The third-order valence-electron chi connectivity index (χ3n) is 4.45. The van der Waals surface area contributed by atoms with Gasteiger partial charge in [-0.05, 0) is 24.6 Å². The van der Waals surface area contributed by atoms with Gasteiger partial charge in [-0.2, -0.15) is 0 Å². The Morgan fingerprint density at radius 1 is 1.37 bits per heavy atom. The molecule has 4 rings (SSSR count). The number of nitrogens with zero attached hydrogens (tertiary/aromatic N) is 6. The third kappa shape index (κ3) is 2.77. The summed E-state index contributed by atoms with van der Waals surface area (Å²) >= 11 is 0. The molecular weight excluding hydrogens is 346 g/mol. The summed E-state index contributed by atoms with van der Waals surface area (Å²) in [6, 6.07) is 3.20. The van der Waals surface area contributed by atoms with Crippen LogP contribution in [0.5, 0.6) is 0 Å². The summed E-state index contributed by atoms with van der Waals surface area (Å²) < 4.78 is 5.91. The molecular formula is C18H19N7O2. The molecule has 27 heavy (non-hydrogen) atoms. The number of carbonyl (C=O) groups excluding carboxylic acids is 1. The number of hydrogen-bond acceptors (Lipinski definition) is 7. The number of carbonyl (C=O) groups is 1. The number of anilines is 2. The van der Waals surface area contributed by atoms with Gasteiger partial charge in [-0.25, -0.2) is 24.6 Å². The van der Waals surface area contributed by atoms with Crippen LogP contribution in [0.25, 0.3) is 11.0 Å². The Labute approximate surface area is 156 Å². The van der Waals surface area contributed by atoms with Gasteiger partial charge in [-0.3, -0.25) is 10.3 Å². The molecule has 2 aliphatic heterocycles. The van der Waals surface area contributed by atoms with Crippen LogP contribution in [-0.2, 0) is 4.74 Å². The number of amides is 2. The summed E-state index contributed by atoms with van der Waals surface area (Å²) in [5, 5.41) is 2.75. The fourth-order valence-corrected chi connectivity index (χ4v) is 3.17. The average molecular weight is 365 g/mol. The molecule has 4 heterocycles. The predicted molar refractivity (Wildman–Crippen MR) is 103 cm³/mol. The van der Waals surface area contributed by atoms with Crippen LogP contribution in [0.3, 0.4) is 0 Å². The highest BCUT2D eigenvalue weighted by molar-refractivity contribution is 6.23. The maximum atomic E-state index is 12.7. The maximum Gasteiger partial charge on any atom is 0.333 e. The molecule has 0 aromatic carbocycles. The lowest BCUT2D eigenvalue weighted by Crippen LogP contribution is -2.29. The molecule has 2 aromatic rings. The summed E-state index contributed by atoms with van der Waals surface area (Å²) in [4.78, 5) is 33.7. The molecule has 9 nitrogen and oxygen atoms in total. The van der Waals surface area contributed by atoms with E-state index in [1.54, 1.807) is 19.2 Å². The Bertz CT molecular complexity index is 998. The predicted octanol–water partition coefficient (Wildman–Crippen LogP) is 1.84. The van der Waals surface area contributed by atoms with Crippen molar-refractivity contribution in [2.75, 3.05) is 37.0 Å². The van der Waals surface area contributed by atoms with Crippen LogP contribution in [0, 0.1) is 0 Å². The molecule has 138 valence electrons. The highest BCUT2D eigenvalue weighted by Gasteiger charge is 2.36. The van der Waals surface area contributed by atoms with Gasteiger partial charge < -0.3 is 9.64 Å². The molecule has 1 saturated heterocycles. The lowest BCUT2D eigenvalue weighted by atomic mass is 10.2. The summed E-state index contributed by atoms with van der Waals surface area (Å²) in [7, 11) is 3.56. The minimum absolute atomic E-state index is 0.357. The topological polar surface area (TPSA) is 95.8 Å². The van der Waals surface area contributed by atoms with Gasteiger partial charge in [-0.15, -0.1) is 0 Å². The Morgan fingerprint density at radius 3 is 3.00 bits per heavy atom. The van der Waals surface area contributed by atoms with Crippen molar-refractivity contribution in [2.45, 2.75) is 6.42 Å². The van der Waals surface area contributed by atoms with E-state index in [9.17, 15) is 4.79 Å². The fourth-order valence-electron chi connectivity index (χ4n) is 3.17. The van der Waals surface area contributed by atoms with Crippen LogP contribution in [0.4, 0.5) is 16.4 Å². The summed E-state index contributed by atoms with van der Waals surface area (Å²) in [5.41, 5.74) is 1.84. The molecule has 2 aromatic heterocycles.